The number of pyridine rings is 1. The van der Waals surface area contributed by atoms with Gasteiger partial charge in [0.15, 0.2) is 0 Å². The molecule has 0 radical (unpaired) electrons. The van der Waals surface area contributed by atoms with Crippen LogP contribution >= 0.6 is 0 Å². The predicted octanol–water partition coefficient (Wildman–Crippen LogP) is 0.689. The summed E-state index contributed by atoms with van der Waals surface area (Å²) in [6, 6.07) is 1.60. The zero-order chi connectivity index (χ0) is 14.3. The molecule has 0 unspecified atom stereocenters. The number of nitrogens with zero attached hydrogens (tertiary/aromatic N) is 3. The van der Waals surface area contributed by atoms with Gasteiger partial charge in [-0.25, -0.2) is 0 Å². The number of hydrogen-bond acceptors (Lipinski definition) is 5. The molecular weight excluding hydrogens is 248 g/mol. The summed E-state index contributed by atoms with van der Waals surface area (Å²) in [5.74, 6) is 0.343. The van der Waals surface area contributed by atoms with Crippen LogP contribution in [0.4, 0.5) is 0 Å². The van der Waals surface area contributed by atoms with E-state index >= 15 is 0 Å². The zero-order valence-electron chi connectivity index (χ0n) is 11.0. The summed E-state index contributed by atoms with van der Waals surface area (Å²) >= 11 is 0. The molecule has 0 atom stereocenters. The zero-order valence-corrected chi connectivity index (χ0v) is 11.0. The third-order valence-corrected chi connectivity index (χ3v) is 2.67. The molecule has 1 rings (SSSR count). The monoisotopic (exact) mass is 266 g/mol. The molecule has 0 aliphatic carbocycles. The molecule has 7 nitrogen and oxygen atoms in total. The van der Waals surface area contributed by atoms with E-state index < -0.39 is 0 Å². The number of ether oxygens (including phenoxy) is 1. The summed E-state index contributed by atoms with van der Waals surface area (Å²) < 4.78 is 5.11. The lowest BCUT2D eigenvalue weighted by atomic mass is 10.2. The molecule has 3 N–H and O–H groups in total. The van der Waals surface area contributed by atoms with Crippen LogP contribution in [0.1, 0.15) is 23.7 Å². The first-order chi connectivity index (χ1) is 9.13. The molecule has 104 valence electrons. The molecule has 0 aliphatic heterocycles. The number of nitrogens with two attached hydrogens (primary N) is 1. The molecule has 19 heavy (non-hydrogen) atoms. The lowest BCUT2D eigenvalue weighted by Gasteiger charge is -2.21. The Bertz CT molecular complexity index is 462. The summed E-state index contributed by atoms with van der Waals surface area (Å²) in [6.45, 7) is 2.75. The summed E-state index contributed by atoms with van der Waals surface area (Å²) in [6.07, 6.45) is 3.33. The largest absolute Gasteiger partial charge is 0.494 e. The molecule has 0 spiro atoms. The van der Waals surface area contributed by atoms with Crippen molar-refractivity contribution in [1.29, 1.82) is 0 Å². The SMILES string of the molecule is CCN(CC/C(N)=N/O)C(=O)c1ccncc1OC. The van der Waals surface area contributed by atoms with Gasteiger partial charge in [0.25, 0.3) is 5.91 Å². The van der Waals surface area contributed by atoms with Crippen LogP contribution in [0.5, 0.6) is 5.75 Å². The number of methoxy groups -OCH3 is 1. The number of aromatic nitrogens is 1. The Hall–Kier alpha value is -2.31. The van der Waals surface area contributed by atoms with Crippen molar-refractivity contribution in [1.82, 2.24) is 9.88 Å². The highest BCUT2D eigenvalue weighted by atomic mass is 16.5. The van der Waals surface area contributed by atoms with Gasteiger partial charge in [-0.3, -0.25) is 9.78 Å². The lowest BCUT2D eigenvalue weighted by Crippen LogP contribution is -2.34. The van der Waals surface area contributed by atoms with Crippen molar-refractivity contribution in [3.8, 4) is 5.75 Å². The second-order valence-corrected chi connectivity index (χ2v) is 3.80. The van der Waals surface area contributed by atoms with Crippen molar-refractivity contribution < 1.29 is 14.7 Å². The highest BCUT2D eigenvalue weighted by molar-refractivity contribution is 5.97. The fraction of sp³-hybridized carbons (Fsp3) is 0.417. The second kappa shape index (κ2) is 7.20. The summed E-state index contributed by atoms with van der Waals surface area (Å²) in [7, 11) is 1.49. The van der Waals surface area contributed by atoms with Crippen molar-refractivity contribution in [2.75, 3.05) is 20.2 Å². The van der Waals surface area contributed by atoms with Crippen molar-refractivity contribution in [2.24, 2.45) is 10.9 Å². The molecule has 0 bridgehead atoms. The molecule has 7 heteroatoms. The van der Waals surface area contributed by atoms with Gasteiger partial charge in [-0.05, 0) is 13.0 Å². The molecule has 1 aromatic rings. The fourth-order valence-corrected chi connectivity index (χ4v) is 1.59. The number of hydrogen-bond donors (Lipinski definition) is 2. The highest BCUT2D eigenvalue weighted by Crippen LogP contribution is 2.18. The van der Waals surface area contributed by atoms with E-state index in [0.29, 0.717) is 30.8 Å². The van der Waals surface area contributed by atoms with E-state index in [1.807, 2.05) is 6.92 Å². The van der Waals surface area contributed by atoms with Gasteiger partial charge in [0, 0.05) is 25.7 Å². The molecule has 1 amide bonds. The van der Waals surface area contributed by atoms with Crippen LogP contribution in [0.15, 0.2) is 23.6 Å². The Labute approximate surface area is 111 Å². The minimum absolute atomic E-state index is 0.0907. The summed E-state index contributed by atoms with van der Waals surface area (Å²) in [5, 5.41) is 11.4. The average Bonchev–Trinajstić information content (AvgIpc) is 2.47. The number of carbonyl (C=O) groups excluding carboxylic acids is 1. The minimum atomic E-state index is -0.174. The Kier molecular flexibility index (Phi) is 5.59. The average molecular weight is 266 g/mol. The van der Waals surface area contributed by atoms with Gasteiger partial charge in [-0.2, -0.15) is 0 Å². The molecule has 1 aromatic heterocycles. The van der Waals surface area contributed by atoms with E-state index in [-0.39, 0.29) is 11.7 Å². The topological polar surface area (TPSA) is 101 Å². The minimum Gasteiger partial charge on any atom is -0.494 e. The molecule has 0 aliphatic rings. The van der Waals surface area contributed by atoms with Crippen molar-refractivity contribution >= 4 is 11.7 Å². The van der Waals surface area contributed by atoms with Crippen molar-refractivity contribution in [3.63, 3.8) is 0 Å². The van der Waals surface area contributed by atoms with E-state index in [9.17, 15) is 4.79 Å². The van der Waals surface area contributed by atoms with Crippen LogP contribution in [0.2, 0.25) is 0 Å². The van der Waals surface area contributed by atoms with E-state index in [4.69, 9.17) is 15.7 Å². The van der Waals surface area contributed by atoms with Crippen LogP contribution in [-0.2, 0) is 0 Å². The Morgan fingerprint density at radius 2 is 2.37 bits per heavy atom. The first-order valence-corrected chi connectivity index (χ1v) is 5.87. The second-order valence-electron chi connectivity index (χ2n) is 3.80. The van der Waals surface area contributed by atoms with E-state index in [1.54, 1.807) is 11.0 Å². The standard InChI is InChI=1S/C12H18N4O3/c1-3-16(7-5-11(13)15-18)12(17)9-4-6-14-8-10(9)19-2/h4,6,8,18H,3,5,7H2,1-2H3,(H2,13,15). The van der Waals surface area contributed by atoms with Crippen LogP contribution in [0, 0.1) is 0 Å². The fourth-order valence-electron chi connectivity index (χ4n) is 1.59. The quantitative estimate of drug-likeness (QED) is 0.341. The summed E-state index contributed by atoms with van der Waals surface area (Å²) in [4.78, 5) is 17.8. The number of oxime groups is 1. The first kappa shape index (κ1) is 14.7. The van der Waals surface area contributed by atoms with Gasteiger partial charge in [0.2, 0.25) is 0 Å². The van der Waals surface area contributed by atoms with Crippen LogP contribution in [0.3, 0.4) is 0 Å². The Morgan fingerprint density at radius 1 is 1.63 bits per heavy atom. The van der Waals surface area contributed by atoms with Crippen LogP contribution in [0.25, 0.3) is 0 Å². The predicted molar refractivity (Wildman–Crippen MR) is 70.4 cm³/mol. The van der Waals surface area contributed by atoms with E-state index in [0.717, 1.165) is 0 Å². The van der Waals surface area contributed by atoms with Gasteiger partial charge in [-0.1, -0.05) is 5.16 Å². The van der Waals surface area contributed by atoms with E-state index in [1.165, 1.54) is 19.5 Å². The van der Waals surface area contributed by atoms with Crippen molar-refractivity contribution in [3.05, 3.63) is 24.0 Å². The number of amidine groups is 1. The lowest BCUT2D eigenvalue weighted by molar-refractivity contribution is 0.0765. The third-order valence-electron chi connectivity index (χ3n) is 2.67. The number of rotatable bonds is 6. The molecule has 0 aromatic carbocycles. The highest BCUT2D eigenvalue weighted by Gasteiger charge is 2.18. The van der Waals surface area contributed by atoms with Gasteiger partial charge < -0.3 is 20.6 Å². The Balaban J connectivity index is 2.83. The number of carbonyl (C=O) groups is 1. The smallest absolute Gasteiger partial charge is 0.257 e. The molecular formula is C12H18N4O3. The van der Waals surface area contributed by atoms with Crippen molar-refractivity contribution in [2.45, 2.75) is 13.3 Å². The number of amides is 1. The Morgan fingerprint density at radius 3 is 2.95 bits per heavy atom. The van der Waals surface area contributed by atoms with E-state index in [2.05, 4.69) is 10.1 Å². The molecule has 0 fully saturated rings. The van der Waals surface area contributed by atoms with Crippen LogP contribution < -0.4 is 10.5 Å². The van der Waals surface area contributed by atoms with Gasteiger partial charge >= 0.3 is 0 Å². The first-order valence-electron chi connectivity index (χ1n) is 5.87. The molecule has 0 saturated heterocycles. The van der Waals surface area contributed by atoms with Gasteiger partial charge in [0.05, 0.1) is 18.9 Å². The normalized spacial score (nSPS) is 11.2. The maximum absolute atomic E-state index is 12.3. The maximum atomic E-state index is 12.3. The summed E-state index contributed by atoms with van der Waals surface area (Å²) in [5.41, 5.74) is 5.84. The maximum Gasteiger partial charge on any atom is 0.257 e. The molecule has 0 saturated carbocycles. The molecule has 1 heterocycles. The third kappa shape index (κ3) is 3.84. The van der Waals surface area contributed by atoms with Crippen LogP contribution in [-0.4, -0.2) is 47.0 Å². The van der Waals surface area contributed by atoms with Gasteiger partial charge in [-0.15, -0.1) is 0 Å². The van der Waals surface area contributed by atoms with Gasteiger partial charge in [0.1, 0.15) is 11.6 Å².